The fraction of sp³-hybridized carbons (Fsp3) is 0. The molecule has 85 heavy (non-hydrogen) atoms. The first-order valence-corrected chi connectivity index (χ1v) is 33.4. The summed E-state index contributed by atoms with van der Waals surface area (Å²) in [6, 6.07) is 115. The van der Waals surface area contributed by atoms with Gasteiger partial charge in [-0.25, -0.2) is 0 Å². The summed E-state index contributed by atoms with van der Waals surface area (Å²) in [6.45, 7) is -0.241. The maximum absolute atomic E-state index is 2.40. The first kappa shape index (κ1) is 53.7. The van der Waals surface area contributed by atoms with Crippen LogP contribution in [0.3, 0.4) is 0 Å². The van der Waals surface area contributed by atoms with Crippen molar-refractivity contribution in [2.45, 2.75) is 58.7 Å². The first-order valence-electron chi connectivity index (χ1n) is 28.5. The van der Waals surface area contributed by atoms with Gasteiger partial charge in [0.25, 0.3) is 0 Å². The maximum atomic E-state index is 2.40. The smallest absolute Gasteiger partial charge is 0.0901 e. The van der Waals surface area contributed by atoms with Gasteiger partial charge in [0.2, 0.25) is 6.71 Å². The van der Waals surface area contributed by atoms with E-state index in [2.05, 4.69) is 309 Å². The van der Waals surface area contributed by atoms with E-state index in [9.17, 15) is 0 Å². The summed E-state index contributed by atoms with van der Waals surface area (Å²) >= 11 is 11.0. The standard InChI is InChI=1S/C78H51BS6/c1-4-22-52(23-5-1)80-55-40-46-58(47-41-55)83-76-67-34-16-10-28-61(67)73(62-29-11-17-35-68(62)76)79(74-63-30-12-18-36-69(63)77(70-37-19-13-31-64(70)74)84-59-48-42-56(43-49-59)81-53-24-6-2-7-25-53)75-65-32-14-20-38-71(65)78(72-39-21-15-33-66(72)75)85-60-50-44-57(45-51-60)82-54-26-8-3-9-27-54/h1-51H. The molecule has 402 valence electrons. The number of rotatable bonds is 15. The van der Waals surface area contributed by atoms with Crippen molar-refractivity contribution in [2.75, 3.05) is 0 Å². The molecule has 15 aromatic carbocycles. The quantitative estimate of drug-likeness (QED) is 0.0736. The number of hydrogen-bond donors (Lipinski definition) is 0. The maximum Gasteiger partial charge on any atom is 0.246 e. The molecular formula is C78H51BS6. The van der Waals surface area contributed by atoms with Crippen molar-refractivity contribution in [1.82, 2.24) is 0 Å². The van der Waals surface area contributed by atoms with Crippen LogP contribution in [0.2, 0.25) is 0 Å². The number of benzene rings is 15. The summed E-state index contributed by atoms with van der Waals surface area (Å²) in [5, 5.41) is 15.0. The highest BCUT2D eigenvalue weighted by Crippen LogP contribution is 2.45. The molecular weight excluding hydrogens is 1140 g/mol. The molecule has 0 heterocycles. The second kappa shape index (κ2) is 24.2. The summed E-state index contributed by atoms with van der Waals surface area (Å²) in [5.41, 5.74) is 3.94. The van der Waals surface area contributed by atoms with E-state index in [0.717, 1.165) is 0 Å². The Balaban J connectivity index is 0.960. The number of hydrogen-bond acceptors (Lipinski definition) is 6. The monoisotopic (exact) mass is 1190 g/mol. The zero-order valence-corrected chi connectivity index (χ0v) is 50.9. The molecule has 0 aliphatic carbocycles. The van der Waals surface area contributed by atoms with Gasteiger partial charge in [-0.1, -0.05) is 287 Å². The van der Waals surface area contributed by atoms with Crippen molar-refractivity contribution < 1.29 is 0 Å². The summed E-state index contributed by atoms with van der Waals surface area (Å²) in [7, 11) is 0. The Morgan fingerprint density at radius 1 is 0.141 bits per heavy atom. The third-order valence-electron chi connectivity index (χ3n) is 15.7. The average molecular weight is 1190 g/mol. The topological polar surface area (TPSA) is 0 Å². The van der Waals surface area contributed by atoms with Crippen molar-refractivity contribution in [1.29, 1.82) is 0 Å². The lowest BCUT2D eigenvalue weighted by Gasteiger charge is -2.28. The molecule has 0 unspecified atom stereocenters. The van der Waals surface area contributed by atoms with E-state index in [-0.39, 0.29) is 6.71 Å². The summed E-state index contributed by atoms with van der Waals surface area (Å²) in [5.74, 6) is 0. The number of fused-ring (bicyclic) bond motifs is 6. The lowest BCUT2D eigenvalue weighted by Crippen LogP contribution is -2.54. The van der Waals surface area contributed by atoms with Gasteiger partial charge in [-0.05, 0) is 174 Å². The Morgan fingerprint density at radius 2 is 0.294 bits per heavy atom. The van der Waals surface area contributed by atoms with Gasteiger partial charge >= 0.3 is 0 Å². The third kappa shape index (κ3) is 10.8. The Hall–Kier alpha value is -7.98. The Morgan fingerprint density at radius 3 is 0.494 bits per heavy atom. The molecule has 0 radical (unpaired) electrons. The van der Waals surface area contributed by atoms with Crippen molar-refractivity contribution in [3.05, 3.63) is 309 Å². The molecule has 0 saturated carbocycles. The van der Waals surface area contributed by atoms with Crippen LogP contribution in [0.1, 0.15) is 0 Å². The molecule has 0 saturated heterocycles. The molecule has 0 N–H and O–H groups in total. The normalized spacial score (nSPS) is 11.6. The van der Waals surface area contributed by atoms with Gasteiger partial charge in [-0.15, -0.1) is 0 Å². The van der Waals surface area contributed by atoms with Gasteiger partial charge in [0.15, 0.2) is 0 Å². The van der Waals surface area contributed by atoms with E-state index >= 15 is 0 Å². The van der Waals surface area contributed by atoms with Crippen molar-refractivity contribution in [3.63, 3.8) is 0 Å². The molecule has 0 bridgehead atoms. The van der Waals surface area contributed by atoms with Gasteiger partial charge in [-0.3, -0.25) is 0 Å². The summed E-state index contributed by atoms with van der Waals surface area (Å²) in [4.78, 5) is 14.8. The van der Waals surface area contributed by atoms with Crippen molar-refractivity contribution in [3.8, 4) is 0 Å². The average Bonchev–Trinajstić information content (AvgIpc) is 2.53. The highest BCUT2D eigenvalue weighted by atomic mass is 32.2. The lowest BCUT2D eigenvalue weighted by molar-refractivity contribution is 1.34. The van der Waals surface area contributed by atoms with Crippen LogP contribution in [0, 0.1) is 0 Å². The second-order valence-corrected chi connectivity index (χ2v) is 27.6. The molecule has 15 rings (SSSR count). The first-order chi connectivity index (χ1) is 42.1. The zero-order chi connectivity index (χ0) is 56.5. The van der Waals surface area contributed by atoms with E-state index in [1.54, 1.807) is 35.3 Å². The Labute approximate surface area is 522 Å². The summed E-state index contributed by atoms with van der Waals surface area (Å²) in [6.07, 6.45) is 0. The molecule has 7 heteroatoms. The molecule has 0 aromatic heterocycles. The van der Waals surface area contributed by atoms with E-state index in [4.69, 9.17) is 0 Å². The van der Waals surface area contributed by atoms with Gasteiger partial charge in [0.1, 0.15) is 0 Å². The van der Waals surface area contributed by atoms with Crippen LogP contribution in [0.4, 0.5) is 0 Å². The zero-order valence-electron chi connectivity index (χ0n) is 46.0. The van der Waals surface area contributed by atoms with Crippen LogP contribution >= 0.6 is 70.6 Å². The molecule has 0 spiro atoms. The minimum atomic E-state index is -0.241. The third-order valence-corrected chi connectivity index (χ3v) is 22.2. The van der Waals surface area contributed by atoms with E-state index in [0.29, 0.717) is 0 Å². The molecule has 0 aliphatic rings. The van der Waals surface area contributed by atoms with E-state index in [1.807, 2.05) is 35.3 Å². The molecule has 0 amide bonds. The fourth-order valence-electron chi connectivity index (χ4n) is 12.0. The predicted molar refractivity (Wildman–Crippen MR) is 372 cm³/mol. The lowest BCUT2D eigenvalue weighted by atomic mass is 9.33. The second-order valence-electron chi connectivity index (χ2n) is 20.9. The van der Waals surface area contributed by atoms with Gasteiger partial charge in [0.05, 0.1) is 0 Å². The molecule has 0 nitrogen and oxygen atoms in total. The van der Waals surface area contributed by atoms with Crippen LogP contribution in [-0.4, -0.2) is 6.71 Å². The highest BCUT2D eigenvalue weighted by molar-refractivity contribution is 8.01. The van der Waals surface area contributed by atoms with Crippen LogP contribution < -0.4 is 16.4 Å². The van der Waals surface area contributed by atoms with Crippen molar-refractivity contribution in [2.24, 2.45) is 0 Å². The molecule has 15 aromatic rings. The predicted octanol–water partition coefficient (Wildman–Crippen LogP) is 22.0. The van der Waals surface area contributed by atoms with Crippen molar-refractivity contribution >= 4 is 158 Å². The van der Waals surface area contributed by atoms with Gasteiger partial charge < -0.3 is 0 Å². The molecule has 0 atom stereocenters. The Kier molecular flexibility index (Phi) is 15.3. The van der Waals surface area contributed by atoms with E-state index < -0.39 is 0 Å². The van der Waals surface area contributed by atoms with Crippen LogP contribution in [0.5, 0.6) is 0 Å². The largest absolute Gasteiger partial charge is 0.246 e. The Bertz CT molecular complexity index is 4250. The van der Waals surface area contributed by atoms with Gasteiger partial charge in [0, 0.05) is 58.7 Å². The molecule has 0 fully saturated rings. The van der Waals surface area contributed by atoms with Crippen LogP contribution in [0.15, 0.2) is 368 Å². The summed E-state index contributed by atoms with van der Waals surface area (Å²) < 4.78 is 0. The fourth-order valence-corrected chi connectivity index (χ4v) is 17.8. The highest BCUT2D eigenvalue weighted by Gasteiger charge is 2.35. The minimum Gasteiger partial charge on any atom is -0.0901 e. The van der Waals surface area contributed by atoms with E-state index in [1.165, 1.54) is 140 Å². The van der Waals surface area contributed by atoms with Crippen LogP contribution in [0.25, 0.3) is 64.6 Å². The van der Waals surface area contributed by atoms with Crippen LogP contribution in [-0.2, 0) is 0 Å². The minimum absolute atomic E-state index is 0.241. The SMILES string of the molecule is c1ccc(Sc2ccc(Sc3c4ccccc4c(B(c4c5ccccc5c(Sc5ccc(Sc6ccccc6)cc5)c5ccccc45)c4c5ccccc5c(Sc5ccc(Sc6ccccc6)cc5)c5ccccc45)c4ccccc34)cc2)cc1. The van der Waals surface area contributed by atoms with Gasteiger partial charge in [-0.2, -0.15) is 0 Å². The molecule has 0 aliphatic heterocycles.